The molecule has 9 nitrogen and oxygen atoms in total. The molecule has 2 aromatic rings. The molecule has 0 aromatic carbocycles. The summed E-state index contributed by atoms with van der Waals surface area (Å²) < 4.78 is 12.1. The molecule has 28 heavy (non-hydrogen) atoms. The van der Waals surface area contributed by atoms with Crippen LogP contribution >= 0.6 is 0 Å². The molecule has 0 radical (unpaired) electrons. The van der Waals surface area contributed by atoms with Gasteiger partial charge in [-0.1, -0.05) is 0 Å². The lowest BCUT2D eigenvalue weighted by molar-refractivity contribution is 0.0526. The van der Waals surface area contributed by atoms with Crippen molar-refractivity contribution in [1.82, 2.24) is 19.9 Å². The van der Waals surface area contributed by atoms with Gasteiger partial charge in [0, 0.05) is 12.6 Å². The van der Waals surface area contributed by atoms with Gasteiger partial charge in [0.15, 0.2) is 5.65 Å². The molecule has 0 aliphatic heterocycles. The van der Waals surface area contributed by atoms with Gasteiger partial charge in [-0.15, -0.1) is 0 Å². The monoisotopic (exact) mass is 391 g/mol. The Hall–Kier alpha value is -2.84. The van der Waals surface area contributed by atoms with Gasteiger partial charge in [0.05, 0.1) is 23.8 Å². The van der Waals surface area contributed by atoms with Crippen molar-refractivity contribution in [2.45, 2.75) is 65.6 Å². The Labute approximate surface area is 164 Å². The lowest BCUT2D eigenvalue weighted by Crippen LogP contribution is -2.33. The van der Waals surface area contributed by atoms with E-state index in [0.29, 0.717) is 36.4 Å². The Balaban J connectivity index is 2.01. The molecule has 2 heterocycles. The molecule has 0 saturated carbocycles. The molecule has 2 rings (SSSR count). The SMILES string of the molecule is CC(C)(C)OC(=O)NCCCc1nc2ccnn2cc1NC(=O)OC(C)(C)C. The molecule has 0 atom stereocenters. The highest BCUT2D eigenvalue weighted by molar-refractivity contribution is 5.85. The Morgan fingerprint density at radius 2 is 1.71 bits per heavy atom. The van der Waals surface area contributed by atoms with Gasteiger partial charge in [-0.05, 0) is 54.4 Å². The molecule has 0 bridgehead atoms. The summed E-state index contributed by atoms with van der Waals surface area (Å²) in [7, 11) is 0. The number of alkyl carbamates (subject to hydrolysis) is 1. The molecule has 0 saturated heterocycles. The second-order valence-corrected chi connectivity index (χ2v) is 8.39. The zero-order chi connectivity index (χ0) is 20.9. The minimum absolute atomic E-state index is 0.424. The summed E-state index contributed by atoms with van der Waals surface area (Å²) in [5, 5.41) is 9.59. The Morgan fingerprint density at radius 1 is 1.07 bits per heavy atom. The number of amides is 2. The normalized spacial score (nSPS) is 11.9. The van der Waals surface area contributed by atoms with Crippen LogP contribution in [0.25, 0.3) is 5.65 Å². The first-order valence-electron chi connectivity index (χ1n) is 9.23. The fraction of sp³-hybridized carbons (Fsp3) is 0.579. The van der Waals surface area contributed by atoms with E-state index in [1.54, 1.807) is 43.7 Å². The minimum Gasteiger partial charge on any atom is -0.444 e. The summed E-state index contributed by atoms with van der Waals surface area (Å²) >= 11 is 0. The molecule has 0 spiro atoms. The molecule has 9 heteroatoms. The van der Waals surface area contributed by atoms with Crippen molar-refractivity contribution in [3.63, 3.8) is 0 Å². The molecule has 2 amide bonds. The number of anilines is 1. The second kappa shape index (κ2) is 8.45. The van der Waals surface area contributed by atoms with Crippen molar-refractivity contribution >= 4 is 23.5 Å². The molecule has 0 aliphatic carbocycles. The maximum atomic E-state index is 12.1. The largest absolute Gasteiger partial charge is 0.444 e. The lowest BCUT2D eigenvalue weighted by Gasteiger charge is -2.20. The fourth-order valence-corrected chi connectivity index (χ4v) is 2.36. The van der Waals surface area contributed by atoms with Crippen LogP contribution in [0.5, 0.6) is 0 Å². The van der Waals surface area contributed by atoms with Crippen LogP contribution in [-0.2, 0) is 15.9 Å². The number of hydrogen-bond acceptors (Lipinski definition) is 6. The van der Waals surface area contributed by atoms with Gasteiger partial charge in [0.1, 0.15) is 11.2 Å². The van der Waals surface area contributed by atoms with E-state index < -0.39 is 23.4 Å². The highest BCUT2D eigenvalue weighted by Gasteiger charge is 2.19. The van der Waals surface area contributed by atoms with Crippen LogP contribution in [0.1, 0.15) is 53.7 Å². The summed E-state index contributed by atoms with van der Waals surface area (Å²) in [6.07, 6.45) is 3.48. The van der Waals surface area contributed by atoms with E-state index in [0.717, 1.165) is 0 Å². The van der Waals surface area contributed by atoms with Crippen LogP contribution in [0.3, 0.4) is 0 Å². The number of ether oxygens (including phenoxy) is 2. The van der Waals surface area contributed by atoms with Crippen LogP contribution in [0.2, 0.25) is 0 Å². The predicted molar refractivity (Wildman–Crippen MR) is 105 cm³/mol. The molecular formula is C19H29N5O4. The summed E-state index contributed by atoms with van der Waals surface area (Å²) in [6, 6.07) is 1.78. The first-order chi connectivity index (χ1) is 12.9. The highest BCUT2D eigenvalue weighted by atomic mass is 16.6. The number of aryl methyl sites for hydroxylation is 1. The van der Waals surface area contributed by atoms with Crippen LogP contribution in [0.15, 0.2) is 18.5 Å². The number of aromatic nitrogens is 3. The predicted octanol–water partition coefficient (Wildman–Crippen LogP) is 3.53. The molecule has 2 N–H and O–H groups in total. The van der Waals surface area contributed by atoms with Crippen LogP contribution < -0.4 is 10.6 Å². The number of nitrogens with zero attached hydrogens (tertiary/aromatic N) is 3. The number of carbonyl (C=O) groups excluding carboxylic acids is 2. The third-order valence-corrected chi connectivity index (χ3v) is 3.36. The smallest absolute Gasteiger partial charge is 0.412 e. The van der Waals surface area contributed by atoms with Crippen LogP contribution in [0, 0.1) is 0 Å². The van der Waals surface area contributed by atoms with E-state index in [-0.39, 0.29) is 0 Å². The third kappa shape index (κ3) is 7.05. The van der Waals surface area contributed by atoms with Gasteiger partial charge < -0.3 is 14.8 Å². The maximum absolute atomic E-state index is 12.1. The number of rotatable bonds is 5. The standard InChI is InChI=1S/C19H29N5O4/c1-18(2,3)27-16(25)20-10-7-8-13-14(23-17(26)28-19(4,5)6)12-24-15(22-13)9-11-21-24/h9,11-12H,7-8,10H2,1-6H3,(H,20,25)(H,23,26). The fourth-order valence-electron chi connectivity index (χ4n) is 2.36. The van der Waals surface area contributed by atoms with Gasteiger partial charge in [0.25, 0.3) is 0 Å². The minimum atomic E-state index is -0.606. The molecular weight excluding hydrogens is 362 g/mol. The maximum Gasteiger partial charge on any atom is 0.412 e. The van der Waals surface area contributed by atoms with Gasteiger partial charge in [-0.25, -0.2) is 19.1 Å². The summed E-state index contributed by atoms with van der Waals surface area (Å²) in [5.74, 6) is 0. The van der Waals surface area contributed by atoms with Gasteiger partial charge in [0.2, 0.25) is 0 Å². The molecule has 0 fully saturated rings. The average molecular weight is 391 g/mol. The Bertz CT molecular complexity index is 833. The van der Waals surface area contributed by atoms with Crippen molar-refractivity contribution in [2.24, 2.45) is 0 Å². The number of nitrogens with one attached hydrogen (secondary N) is 2. The van der Waals surface area contributed by atoms with Crippen LogP contribution in [-0.4, -0.2) is 44.5 Å². The van der Waals surface area contributed by atoms with E-state index in [1.165, 1.54) is 0 Å². The zero-order valence-electron chi connectivity index (χ0n) is 17.3. The first-order valence-corrected chi connectivity index (χ1v) is 9.23. The van der Waals surface area contributed by atoms with E-state index in [4.69, 9.17) is 9.47 Å². The quantitative estimate of drug-likeness (QED) is 0.755. The summed E-state index contributed by atoms with van der Waals surface area (Å²) in [6.45, 7) is 11.2. The van der Waals surface area contributed by atoms with Crippen molar-refractivity contribution in [1.29, 1.82) is 0 Å². The topological polar surface area (TPSA) is 107 Å². The first kappa shape index (κ1) is 21.5. The Kier molecular flexibility index (Phi) is 6.48. The van der Waals surface area contributed by atoms with E-state index >= 15 is 0 Å². The number of fused-ring (bicyclic) bond motifs is 1. The summed E-state index contributed by atoms with van der Waals surface area (Å²) in [4.78, 5) is 28.4. The van der Waals surface area contributed by atoms with Gasteiger partial charge in [-0.3, -0.25) is 5.32 Å². The van der Waals surface area contributed by atoms with Gasteiger partial charge in [-0.2, -0.15) is 5.10 Å². The zero-order valence-corrected chi connectivity index (χ0v) is 17.3. The molecule has 2 aromatic heterocycles. The number of carbonyl (C=O) groups is 2. The lowest BCUT2D eigenvalue weighted by atomic mass is 10.2. The highest BCUT2D eigenvalue weighted by Crippen LogP contribution is 2.18. The number of hydrogen-bond donors (Lipinski definition) is 2. The van der Waals surface area contributed by atoms with Crippen molar-refractivity contribution in [2.75, 3.05) is 11.9 Å². The van der Waals surface area contributed by atoms with Crippen LogP contribution in [0.4, 0.5) is 15.3 Å². The van der Waals surface area contributed by atoms with E-state index in [9.17, 15) is 9.59 Å². The van der Waals surface area contributed by atoms with E-state index in [1.807, 2.05) is 20.8 Å². The molecule has 0 unspecified atom stereocenters. The van der Waals surface area contributed by atoms with E-state index in [2.05, 4.69) is 20.7 Å². The molecule has 154 valence electrons. The molecule has 0 aliphatic rings. The summed E-state index contributed by atoms with van der Waals surface area (Å²) in [5.41, 5.74) is 0.728. The van der Waals surface area contributed by atoms with Crippen molar-refractivity contribution in [3.05, 3.63) is 24.2 Å². The second-order valence-electron chi connectivity index (χ2n) is 8.39. The van der Waals surface area contributed by atoms with Crippen molar-refractivity contribution in [3.8, 4) is 0 Å². The average Bonchev–Trinajstić information content (AvgIpc) is 2.94. The Morgan fingerprint density at radius 3 is 2.36 bits per heavy atom. The third-order valence-electron chi connectivity index (χ3n) is 3.36. The van der Waals surface area contributed by atoms with Gasteiger partial charge >= 0.3 is 12.2 Å². The van der Waals surface area contributed by atoms with Crippen molar-refractivity contribution < 1.29 is 19.1 Å².